The van der Waals surface area contributed by atoms with Crippen LogP contribution in [0.3, 0.4) is 0 Å². The van der Waals surface area contributed by atoms with Crippen molar-refractivity contribution in [2.75, 3.05) is 6.61 Å². The number of hydrogen-bond donors (Lipinski definition) is 2. The van der Waals surface area contributed by atoms with Crippen LogP contribution in [0, 0.1) is 0 Å². The van der Waals surface area contributed by atoms with Gasteiger partial charge in [-0.1, -0.05) is 0 Å². The van der Waals surface area contributed by atoms with E-state index in [0.29, 0.717) is 12.8 Å². The van der Waals surface area contributed by atoms with Crippen molar-refractivity contribution in [1.29, 1.82) is 0 Å². The highest BCUT2D eigenvalue weighted by molar-refractivity contribution is 5.71. The Morgan fingerprint density at radius 2 is 2.18 bits per heavy atom. The topological polar surface area (TPSA) is 70.0 Å². The van der Waals surface area contributed by atoms with Gasteiger partial charge in [-0.05, 0) is 40.0 Å². The summed E-state index contributed by atoms with van der Waals surface area (Å²) in [6, 6.07) is 0.00648. The molecule has 2 rings (SSSR count). The smallest absolute Gasteiger partial charge is 0.411 e. The Kier molecular flexibility index (Phi) is 2.86. The average molecular weight is 243 g/mol. The van der Waals surface area contributed by atoms with Gasteiger partial charge < -0.3 is 14.9 Å². The molecule has 2 aliphatic heterocycles. The van der Waals surface area contributed by atoms with Crippen molar-refractivity contribution < 1.29 is 19.7 Å². The number of fused-ring (bicyclic) bond motifs is 2. The van der Waals surface area contributed by atoms with Gasteiger partial charge in [0, 0.05) is 6.04 Å². The van der Waals surface area contributed by atoms with Crippen LogP contribution >= 0.6 is 0 Å². The number of hydrogen-bond acceptors (Lipinski definition) is 4. The van der Waals surface area contributed by atoms with Gasteiger partial charge in [0.1, 0.15) is 5.60 Å². The zero-order valence-corrected chi connectivity index (χ0v) is 10.6. The lowest BCUT2D eigenvalue weighted by molar-refractivity contribution is -0.0284. The molecule has 2 saturated heterocycles. The maximum Gasteiger partial charge on any atom is 0.411 e. The van der Waals surface area contributed by atoms with Crippen molar-refractivity contribution in [3.8, 4) is 0 Å². The van der Waals surface area contributed by atoms with Crippen molar-refractivity contribution in [3.63, 3.8) is 0 Å². The van der Waals surface area contributed by atoms with Crippen LogP contribution < -0.4 is 0 Å². The van der Waals surface area contributed by atoms with Crippen LogP contribution in [-0.4, -0.2) is 51.1 Å². The molecule has 2 fully saturated rings. The molecule has 2 heterocycles. The molecule has 0 radical (unpaired) electrons. The molecule has 2 N–H and O–H groups in total. The molecule has 0 saturated carbocycles. The van der Waals surface area contributed by atoms with E-state index in [4.69, 9.17) is 4.74 Å². The summed E-state index contributed by atoms with van der Waals surface area (Å²) in [6.07, 6.45) is 0.954. The van der Waals surface area contributed by atoms with Crippen LogP contribution in [0.25, 0.3) is 0 Å². The van der Waals surface area contributed by atoms with E-state index in [1.165, 1.54) is 0 Å². The molecule has 0 aromatic carbocycles. The summed E-state index contributed by atoms with van der Waals surface area (Å²) < 4.78 is 5.34. The first-order chi connectivity index (χ1) is 7.80. The van der Waals surface area contributed by atoms with Crippen molar-refractivity contribution in [3.05, 3.63) is 0 Å². The Hall–Kier alpha value is -0.810. The van der Waals surface area contributed by atoms with Gasteiger partial charge in [-0.2, -0.15) is 0 Å². The summed E-state index contributed by atoms with van der Waals surface area (Å²) >= 11 is 0. The van der Waals surface area contributed by atoms with Gasteiger partial charge in [-0.25, -0.2) is 4.79 Å². The van der Waals surface area contributed by atoms with Crippen molar-refractivity contribution >= 4 is 6.09 Å². The molecule has 5 heteroatoms. The first kappa shape index (κ1) is 12.6. The zero-order chi connectivity index (χ0) is 12.8. The molecule has 0 aromatic heterocycles. The minimum Gasteiger partial charge on any atom is -0.444 e. The van der Waals surface area contributed by atoms with Gasteiger partial charge in [0.15, 0.2) is 0 Å². The molecule has 98 valence electrons. The molecule has 2 aliphatic rings. The summed E-state index contributed by atoms with van der Waals surface area (Å²) in [4.78, 5) is 13.7. The maximum absolute atomic E-state index is 12.1. The number of carbonyl (C=O) groups is 1. The fourth-order valence-electron chi connectivity index (χ4n) is 2.96. The van der Waals surface area contributed by atoms with E-state index < -0.39 is 23.3 Å². The lowest BCUT2D eigenvalue weighted by Crippen LogP contribution is -2.54. The van der Waals surface area contributed by atoms with Gasteiger partial charge in [-0.3, -0.25) is 4.90 Å². The highest BCUT2D eigenvalue weighted by Gasteiger charge is 2.60. The number of ether oxygens (including phenoxy) is 1. The largest absolute Gasteiger partial charge is 0.444 e. The summed E-state index contributed by atoms with van der Waals surface area (Å²) in [7, 11) is 0. The molecular formula is C12H21NO4. The number of amides is 1. The van der Waals surface area contributed by atoms with Gasteiger partial charge in [0.25, 0.3) is 0 Å². The Balaban J connectivity index is 2.19. The molecule has 1 amide bonds. The van der Waals surface area contributed by atoms with E-state index >= 15 is 0 Å². The third-order valence-corrected chi connectivity index (χ3v) is 3.74. The van der Waals surface area contributed by atoms with Crippen LogP contribution in [-0.2, 0) is 4.74 Å². The zero-order valence-electron chi connectivity index (χ0n) is 10.6. The molecule has 17 heavy (non-hydrogen) atoms. The molecular weight excluding hydrogens is 222 g/mol. The fraction of sp³-hybridized carbons (Fsp3) is 0.917. The number of rotatable bonds is 1. The Morgan fingerprint density at radius 1 is 1.53 bits per heavy atom. The molecule has 0 aromatic rings. The van der Waals surface area contributed by atoms with Gasteiger partial charge in [-0.15, -0.1) is 0 Å². The standard InChI is InChI=1S/C12H21NO4/c1-11(2,3)17-10(16)13-8-4-5-12(13,7-14)9(15)6-8/h8-9,14-15H,4-7H2,1-3H3. The monoisotopic (exact) mass is 243 g/mol. The van der Waals surface area contributed by atoms with E-state index in [0.717, 1.165) is 6.42 Å². The average Bonchev–Trinajstić information content (AvgIpc) is 2.67. The Bertz CT molecular complexity index is 325. The summed E-state index contributed by atoms with van der Waals surface area (Å²) in [6.45, 7) is 5.23. The summed E-state index contributed by atoms with van der Waals surface area (Å²) in [5.41, 5.74) is -1.37. The fourth-order valence-corrected chi connectivity index (χ4v) is 2.96. The van der Waals surface area contributed by atoms with E-state index in [9.17, 15) is 15.0 Å². The minimum absolute atomic E-state index is 0.00648. The lowest BCUT2D eigenvalue weighted by atomic mass is 9.86. The second-order valence-electron chi connectivity index (χ2n) is 6.06. The van der Waals surface area contributed by atoms with E-state index in [2.05, 4.69) is 0 Å². The van der Waals surface area contributed by atoms with E-state index in [-0.39, 0.29) is 12.6 Å². The second kappa shape index (κ2) is 3.85. The quantitative estimate of drug-likeness (QED) is 0.717. The van der Waals surface area contributed by atoms with Crippen molar-refractivity contribution in [2.24, 2.45) is 0 Å². The van der Waals surface area contributed by atoms with E-state index in [1.807, 2.05) is 20.8 Å². The normalized spacial score (nSPS) is 36.4. The van der Waals surface area contributed by atoms with Gasteiger partial charge in [0.2, 0.25) is 0 Å². The van der Waals surface area contributed by atoms with Gasteiger partial charge >= 0.3 is 6.09 Å². The molecule has 3 unspecified atom stereocenters. The SMILES string of the molecule is CC(C)(C)OC(=O)N1C2CCC1(CO)C(O)C2. The molecule has 0 spiro atoms. The van der Waals surface area contributed by atoms with Crippen molar-refractivity contribution in [1.82, 2.24) is 4.90 Å². The maximum atomic E-state index is 12.1. The van der Waals surface area contributed by atoms with Crippen molar-refractivity contribution in [2.45, 2.75) is 63.3 Å². The van der Waals surface area contributed by atoms with Crippen LogP contribution in [0.1, 0.15) is 40.0 Å². The number of aliphatic hydroxyl groups is 2. The Labute approximate surface area is 101 Å². The predicted molar refractivity (Wildman–Crippen MR) is 61.5 cm³/mol. The molecule has 0 aliphatic carbocycles. The first-order valence-electron chi connectivity index (χ1n) is 6.11. The third kappa shape index (κ3) is 1.91. The molecule has 5 nitrogen and oxygen atoms in total. The van der Waals surface area contributed by atoms with Crippen LogP contribution in [0.5, 0.6) is 0 Å². The summed E-state index contributed by atoms with van der Waals surface area (Å²) in [5, 5.41) is 19.5. The minimum atomic E-state index is -0.812. The lowest BCUT2D eigenvalue weighted by Gasteiger charge is -2.36. The third-order valence-electron chi connectivity index (χ3n) is 3.74. The van der Waals surface area contributed by atoms with E-state index in [1.54, 1.807) is 4.90 Å². The Morgan fingerprint density at radius 3 is 2.65 bits per heavy atom. The predicted octanol–water partition coefficient (Wildman–Crippen LogP) is 0.882. The van der Waals surface area contributed by atoms with Gasteiger partial charge in [0.05, 0.1) is 18.2 Å². The van der Waals surface area contributed by atoms with Crippen LogP contribution in [0.2, 0.25) is 0 Å². The summed E-state index contributed by atoms with van der Waals surface area (Å²) in [5.74, 6) is 0. The van der Waals surface area contributed by atoms with Crippen LogP contribution in [0.4, 0.5) is 4.79 Å². The van der Waals surface area contributed by atoms with Crippen LogP contribution in [0.15, 0.2) is 0 Å². The number of carbonyl (C=O) groups excluding carboxylic acids is 1. The second-order valence-corrected chi connectivity index (χ2v) is 6.06. The number of nitrogens with zero attached hydrogens (tertiary/aromatic N) is 1. The number of aliphatic hydroxyl groups excluding tert-OH is 2. The molecule has 2 bridgehead atoms. The first-order valence-corrected chi connectivity index (χ1v) is 6.11. The highest BCUT2D eigenvalue weighted by Crippen LogP contribution is 2.46. The molecule has 3 atom stereocenters. The highest BCUT2D eigenvalue weighted by atomic mass is 16.6.